The van der Waals surface area contributed by atoms with Crippen molar-refractivity contribution in [2.24, 2.45) is 5.73 Å². The Balaban J connectivity index is 2.16. The van der Waals surface area contributed by atoms with E-state index in [2.05, 4.69) is 16.9 Å². The van der Waals surface area contributed by atoms with Crippen molar-refractivity contribution in [3.05, 3.63) is 15.6 Å². The molecule has 0 amide bonds. The summed E-state index contributed by atoms with van der Waals surface area (Å²) in [5.74, 6) is 0.539. The van der Waals surface area contributed by atoms with Gasteiger partial charge in [-0.1, -0.05) is 0 Å². The first-order chi connectivity index (χ1) is 8.11. The number of thiazole rings is 1. The molecule has 2 rings (SSSR count). The summed E-state index contributed by atoms with van der Waals surface area (Å²) in [5.41, 5.74) is 6.86. The van der Waals surface area contributed by atoms with Gasteiger partial charge in [-0.25, -0.2) is 4.98 Å². The van der Waals surface area contributed by atoms with E-state index in [-0.39, 0.29) is 12.6 Å². The first kappa shape index (κ1) is 13.0. The highest BCUT2D eigenvalue weighted by molar-refractivity contribution is 7.11. The second-order valence-electron chi connectivity index (χ2n) is 4.89. The van der Waals surface area contributed by atoms with E-state index in [1.54, 1.807) is 11.3 Å². The largest absolute Gasteiger partial charge is 0.394 e. The van der Waals surface area contributed by atoms with Crippen molar-refractivity contribution in [1.82, 2.24) is 9.88 Å². The summed E-state index contributed by atoms with van der Waals surface area (Å²) in [6, 6.07) is -0.275. The van der Waals surface area contributed by atoms with Crippen LogP contribution in [0, 0.1) is 6.92 Å². The Morgan fingerprint density at radius 3 is 3.06 bits per heavy atom. The maximum absolute atomic E-state index is 9.12. The Bertz CT molecular complexity index is 380. The quantitative estimate of drug-likeness (QED) is 0.853. The molecule has 4 nitrogen and oxygen atoms in total. The zero-order valence-electron chi connectivity index (χ0n) is 10.5. The molecule has 2 heterocycles. The van der Waals surface area contributed by atoms with E-state index in [4.69, 9.17) is 10.8 Å². The molecule has 1 aromatic rings. The number of hydrogen-bond donors (Lipinski definition) is 2. The number of likely N-dealkylation sites (tertiary alicyclic amines) is 1. The molecule has 96 valence electrons. The molecule has 0 saturated carbocycles. The maximum atomic E-state index is 9.12. The summed E-state index contributed by atoms with van der Waals surface area (Å²) < 4.78 is 0. The molecule has 3 N–H and O–H groups in total. The number of nitrogens with zero attached hydrogens (tertiary/aromatic N) is 2. The molecule has 1 fully saturated rings. The fourth-order valence-electron chi connectivity index (χ4n) is 2.40. The van der Waals surface area contributed by atoms with E-state index in [0.29, 0.717) is 5.92 Å². The fraction of sp³-hybridized carbons (Fsp3) is 0.750. The number of likely N-dealkylation sites (N-methyl/N-ethyl adjacent to an activating group) is 1. The van der Waals surface area contributed by atoms with Gasteiger partial charge < -0.3 is 15.7 Å². The van der Waals surface area contributed by atoms with Crippen LogP contribution in [-0.4, -0.2) is 41.7 Å². The van der Waals surface area contributed by atoms with E-state index in [1.807, 2.05) is 6.92 Å². The molecule has 5 heteroatoms. The van der Waals surface area contributed by atoms with Gasteiger partial charge in [-0.15, -0.1) is 11.3 Å². The number of aryl methyl sites for hydroxylation is 1. The monoisotopic (exact) mass is 255 g/mol. The van der Waals surface area contributed by atoms with Crippen LogP contribution in [0.1, 0.15) is 40.4 Å². The molecule has 0 aliphatic carbocycles. The second-order valence-corrected chi connectivity index (χ2v) is 5.95. The van der Waals surface area contributed by atoms with Gasteiger partial charge in [0.05, 0.1) is 23.4 Å². The number of rotatable bonds is 3. The molecule has 17 heavy (non-hydrogen) atoms. The highest BCUT2D eigenvalue weighted by Gasteiger charge is 2.24. The number of aliphatic hydroxyl groups is 1. The van der Waals surface area contributed by atoms with E-state index in [9.17, 15) is 0 Å². The Hall–Kier alpha value is -0.490. The van der Waals surface area contributed by atoms with Crippen LogP contribution in [0.5, 0.6) is 0 Å². The van der Waals surface area contributed by atoms with Gasteiger partial charge in [0, 0.05) is 17.3 Å². The smallest absolute Gasteiger partial charge is 0.0975 e. The highest BCUT2D eigenvalue weighted by atomic mass is 32.1. The average molecular weight is 255 g/mol. The third-order valence-electron chi connectivity index (χ3n) is 3.36. The summed E-state index contributed by atoms with van der Waals surface area (Å²) in [6.07, 6.45) is 2.45. The Labute approximate surface area is 106 Å². The predicted molar refractivity (Wildman–Crippen MR) is 70.3 cm³/mol. The fourth-order valence-corrected chi connectivity index (χ4v) is 3.59. The van der Waals surface area contributed by atoms with E-state index in [0.717, 1.165) is 17.1 Å². The summed E-state index contributed by atoms with van der Waals surface area (Å²) in [5, 5.41) is 10.3. The molecule has 1 aromatic heterocycles. The summed E-state index contributed by atoms with van der Waals surface area (Å²) in [7, 11) is 2.16. The van der Waals surface area contributed by atoms with Crippen molar-refractivity contribution >= 4 is 11.3 Å². The van der Waals surface area contributed by atoms with Crippen molar-refractivity contribution in [2.75, 3.05) is 26.7 Å². The minimum Gasteiger partial charge on any atom is -0.394 e. The lowest BCUT2D eigenvalue weighted by Gasteiger charge is -2.28. The van der Waals surface area contributed by atoms with Crippen molar-refractivity contribution in [3.63, 3.8) is 0 Å². The number of nitrogens with two attached hydrogens (primary N) is 1. The maximum Gasteiger partial charge on any atom is 0.0975 e. The molecular formula is C12H21N3OS. The number of aromatic nitrogens is 1. The van der Waals surface area contributed by atoms with Crippen LogP contribution in [0.15, 0.2) is 0 Å². The molecular weight excluding hydrogens is 234 g/mol. The highest BCUT2D eigenvalue weighted by Crippen LogP contribution is 2.33. The SMILES string of the molecule is Cc1nc(C2CCCN(C)C2)sc1C(N)CO. The average Bonchev–Trinajstić information content (AvgIpc) is 2.70. The Kier molecular flexibility index (Phi) is 4.14. The van der Waals surface area contributed by atoms with Gasteiger partial charge in [-0.3, -0.25) is 0 Å². The Morgan fingerprint density at radius 2 is 2.41 bits per heavy atom. The van der Waals surface area contributed by atoms with Crippen molar-refractivity contribution in [2.45, 2.75) is 31.7 Å². The van der Waals surface area contributed by atoms with Crippen LogP contribution >= 0.6 is 11.3 Å². The molecule has 0 radical (unpaired) electrons. The van der Waals surface area contributed by atoms with Gasteiger partial charge in [-0.05, 0) is 33.4 Å². The molecule has 1 saturated heterocycles. The summed E-state index contributed by atoms with van der Waals surface area (Å²) in [4.78, 5) is 8.03. The van der Waals surface area contributed by atoms with Gasteiger partial charge in [0.1, 0.15) is 0 Å². The zero-order valence-corrected chi connectivity index (χ0v) is 11.3. The topological polar surface area (TPSA) is 62.4 Å². The van der Waals surface area contributed by atoms with Gasteiger partial charge in [0.2, 0.25) is 0 Å². The lowest BCUT2D eigenvalue weighted by molar-refractivity contribution is 0.250. The standard InChI is InChI=1S/C12H21N3OS/c1-8-11(10(13)7-16)17-12(14-8)9-4-3-5-15(2)6-9/h9-10,16H,3-7,13H2,1-2H3. The number of hydrogen-bond acceptors (Lipinski definition) is 5. The first-order valence-electron chi connectivity index (χ1n) is 6.14. The van der Waals surface area contributed by atoms with Crippen molar-refractivity contribution < 1.29 is 5.11 Å². The van der Waals surface area contributed by atoms with Crippen molar-refractivity contribution in [3.8, 4) is 0 Å². The van der Waals surface area contributed by atoms with E-state index in [1.165, 1.54) is 24.4 Å². The normalized spacial score (nSPS) is 23.9. The van der Waals surface area contributed by atoms with Crippen molar-refractivity contribution in [1.29, 1.82) is 0 Å². The van der Waals surface area contributed by atoms with E-state index < -0.39 is 0 Å². The van der Waals surface area contributed by atoms with Crippen LogP contribution in [0.2, 0.25) is 0 Å². The van der Waals surface area contributed by atoms with Gasteiger partial charge in [-0.2, -0.15) is 0 Å². The molecule has 0 bridgehead atoms. The number of piperidine rings is 1. The molecule has 2 atom stereocenters. The van der Waals surface area contributed by atoms with E-state index >= 15 is 0 Å². The third-order valence-corrected chi connectivity index (χ3v) is 4.81. The van der Waals surface area contributed by atoms with Crippen LogP contribution < -0.4 is 5.73 Å². The number of aliphatic hydroxyl groups excluding tert-OH is 1. The molecule has 1 aliphatic rings. The first-order valence-corrected chi connectivity index (χ1v) is 6.95. The van der Waals surface area contributed by atoms with Gasteiger partial charge in [0.25, 0.3) is 0 Å². The van der Waals surface area contributed by atoms with Crippen LogP contribution in [0.25, 0.3) is 0 Å². The molecule has 1 aliphatic heterocycles. The minimum absolute atomic E-state index is 0.00690. The summed E-state index contributed by atoms with van der Waals surface area (Å²) >= 11 is 1.68. The lowest BCUT2D eigenvalue weighted by Crippen LogP contribution is -2.30. The van der Waals surface area contributed by atoms with Gasteiger partial charge in [0.15, 0.2) is 0 Å². The second kappa shape index (κ2) is 5.44. The zero-order chi connectivity index (χ0) is 12.4. The minimum atomic E-state index is -0.275. The predicted octanol–water partition coefficient (Wildman–Crippen LogP) is 1.25. The van der Waals surface area contributed by atoms with Crippen LogP contribution in [-0.2, 0) is 0 Å². The lowest BCUT2D eigenvalue weighted by atomic mass is 9.99. The third kappa shape index (κ3) is 2.85. The summed E-state index contributed by atoms with van der Waals surface area (Å²) in [6.45, 7) is 4.25. The van der Waals surface area contributed by atoms with Gasteiger partial charge >= 0.3 is 0 Å². The van der Waals surface area contributed by atoms with Crippen LogP contribution in [0.4, 0.5) is 0 Å². The molecule has 0 aromatic carbocycles. The Morgan fingerprint density at radius 1 is 1.65 bits per heavy atom. The molecule has 0 spiro atoms. The van der Waals surface area contributed by atoms with Crippen LogP contribution in [0.3, 0.4) is 0 Å². The molecule has 2 unspecified atom stereocenters.